The van der Waals surface area contributed by atoms with Gasteiger partial charge in [0.25, 0.3) is 0 Å². The van der Waals surface area contributed by atoms with Crippen molar-refractivity contribution in [1.82, 2.24) is 0 Å². The molecule has 1 aromatic rings. The molecular weight excluding hydrogens is 227 g/mol. The number of benzene rings is 1. The van der Waals surface area contributed by atoms with Crippen LogP contribution < -0.4 is 0 Å². The number of halogens is 4. The van der Waals surface area contributed by atoms with Gasteiger partial charge in [-0.1, -0.05) is 11.6 Å². The molecule has 0 aromatic heterocycles. The number of allylic oxidation sites excluding steroid dienone is 1. The molecule has 5 heteroatoms. The average Bonchev–Trinajstić information content (AvgIpc) is 2.12. The van der Waals surface area contributed by atoms with Gasteiger partial charge in [-0.25, -0.2) is 0 Å². The summed E-state index contributed by atoms with van der Waals surface area (Å²) in [5.41, 5.74) is -0.921. The van der Waals surface area contributed by atoms with Crippen LogP contribution in [0.15, 0.2) is 24.3 Å². The maximum Gasteiger partial charge on any atom is 0.416 e. The highest BCUT2D eigenvalue weighted by atomic mass is 35.5. The molecule has 0 aliphatic heterocycles. The monoisotopic (exact) mass is 231 g/mol. The Morgan fingerprint density at radius 2 is 2.00 bits per heavy atom. The van der Waals surface area contributed by atoms with Crippen LogP contribution in [0, 0.1) is 11.3 Å². The first-order chi connectivity index (χ1) is 6.95. The summed E-state index contributed by atoms with van der Waals surface area (Å²) in [4.78, 5) is 0. The third kappa shape index (κ3) is 3.00. The van der Waals surface area contributed by atoms with Crippen molar-refractivity contribution in [3.05, 3.63) is 40.4 Å². The molecule has 0 spiro atoms. The Labute approximate surface area is 89.4 Å². The number of nitriles is 1. The first-order valence-electron chi connectivity index (χ1n) is 3.88. The first-order valence-corrected chi connectivity index (χ1v) is 4.26. The van der Waals surface area contributed by atoms with Crippen molar-refractivity contribution < 1.29 is 13.2 Å². The molecule has 0 atom stereocenters. The Hall–Kier alpha value is -1.47. The predicted octanol–water partition coefficient (Wildman–Crippen LogP) is 3.90. The van der Waals surface area contributed by atoms with Gasteiger partial charge in [0, 0.05) is 11.1 Å². The Morgan fingerprint density at radius 3 is 2.53 bits per heavy atom. The summed E-state index contributed by atoms with van der Waals surface area (Å²) in [7, 11) is 0. The number of nitrogens with zero attached hydrogens (tertiary/aromatic N) is 1. The third-order valence-electron chi connectivity index (χ3n) is 1.66. The summed E-state index contributed by atoms with van der Waals surface area (Å²) in [5, 5.41) is 8.43. The predicted molar refractivity (Wildman–Crippen MR) is 51.1 cm³/mol. The number of rotatable bonds is 1. The Morgan fingerprint density at radius 1 is 1.33 bits per heavy atom. The van der Waals surface area contributed by atoms with Gasteiger partial charge in [0.05, 0.1) is 11.6 Å². The molecule has 0 aliphatic rings. The summed E-state index contributed by atoms with van der Waals surface area (Å²) in [6, 6.07) is 4.84. The SMILES string of the molecule is N#CC=Cc1cc(Cl)ccc1C(F)(F)F. The number of alkyl halides is 3. The molecule has 78 valence electrons. The van der Waals surface area contributed by atoms with Gasteiger partial charge in [-0.05, 0) is 29.8 Å². The maximum atomic E-state index is 12.4. The minimum atomic E-state index is -4.44. The van der Waals surface area contributed by atoms with Crippen molar-refractivity contribution in [2.24, 2.45) is 0 Å². The van der Waals surface area contributed by atoms with E-state index in [2.05, 4.69) is 0 Å². The molecular formula is C10H5ClF3N. The molecule has 0 N–H and O–H groups in total. The van der Waals surface area contributed by atoms with Gasteiger partial charge in [-0.2, -0.15) is 18.4 Å². The van der Waals surface area contributed by atoms with Crippen molar-refractivity contribution in [3.8, 4) is 6.07 Å². The largest absolute Gasteiger partial charge is 0.416 e. The zero-order valence-electron chi connectivity index (χ0n) is 7.35. The van der Waals surface area contributed by atoms with Crippen molar-refractivity contribution in [2.45, 2.75) is 6.18 Å². The van der Waals surface area contributed by atoms with Crippen LogP contribution in [0.1, 0.15) is 11.1 Å². The lowest BCUT2D eigenvalue weighted by molar-refractivity contribution is -0.137. The van der Waals surface area contributed by atoms with E-state index in [1.807, 2.05) is 0 Å². The van der Waals surface area contributed by atoms with Crippen LogP contribution in [0.3, 0.4) is 0 Å². The zero-order valence-corrected chi connectivity index (χ0v) is 8.10. The molecule has 0 bridgehead atoms. The second-order valence-electron chi connectivity index (χ2n) is 2.69. The molecule has 0 unspecified atom stereocenters. The van der Waals surface area contributed by atoms with E-state index in [9.17, 15) is 13.2 Å². The van der Waals surface area contributed by atoms with Gasteiger partial charge < -0.3 is 0 Å². The average molecular weight is 232 g/mol. The molecule has 1 aromatic carbocycles. The Bertz CT molecular complexity index is 429. The highest BCUT2D eigenvalue weighted by Gasteiger charge is 2.32. The molecule has 0 radical (unpaired) electrons. The molecule has 0 saturated carbocycles. The van der Waals surface area contributed by atoms with Crippen LogP contribution in [-0.4, -0.2) is 0 Å². The quantitative estimate of drug-likeness (QED) is 0.673. The minimum Gasteiger partial charge on any atom is -0.193 e. The van der Waals surface area contributed by atoms with E-state index in [4.69, 9.17) is 16.9 Å². The van der Waals surface area contributed by atoms with Gasteiger partial charge in [0.1, 0.15) is 0 Å². The highest BCUT2D eigenvalue weighted by molar-refractivity contribution is 6.30. The second kappa shape index (κ2) is 4.37. The highest BCUT2D eigenvalue weighted by Crippen LogP contribution is 2.33. The smallest absolute Gasteiger partial charge is 0.193 e. The molecule has 15 heavy (non-hydrogen) atoms. The van der Waals surface area contributed by atoms with Gasteiger partial charge in [-0.15, -0.1) is 0 Å². The molecule has 0 aliphatic carbocycles. The molecule has 0 amide bonds. The number of hydrogen-bond acceptors (Lipinski definition) is 1. The van der Waals surface area contributed by atoms with E-state index in [1.165, 1.54) is 0 Å². The van der Waals surface area contributed by atoms with Gasteiger partial charge in [0.2, 0.25) is 0 Å². The second-order valence-corrected chi connectivity index (χ2v) is 3.13. The fourth-order valence-electron chi connectivity index (χ4n) is 1.06. The van der Waals surface area contributed by atoms with Crippen molar-refractivity contribution >= 4 is 17.7 Å². The normalized spacial score (nSPS) is 11.7. The maximum absolute atomic E-state index is 12.4. The van der Waals surface area contributed by atoms with Crippen LogP contribution in [0.5, 0.6) is 0 Å². The molecule has 1 rings (SSSR count). The number of hydrogen-bond donors (Lipinski definition) is 0. The molecule has 0 heterocycles. The van der Waals surface area contributed by atoms with E-state index >= 15 is 0 Å². The lowest BCUT2D eigenvalue weighted by atomic mass is 10.1. The van der Waals surface area contributed by atoms with Crippen molar-refractivity contribution in [2.75, 3.05) is 0 Å². The van der Waals surface area contributed by atoms with Crippen LogP contribution in [0.4, 0.5) is 13.2 Å². The van der Waals surface area contributed by atoms with Gasteiger partial charge in [0.15, 0.2) is 0 Å². The summed E-state index contributed by atoms with van der Waals surface area (Å²) >= 11 is 5.56. The molecule has 0 fully saturated rings. The summed E-state index contributed by atoms with van der Waals surface area (Å²) in [6.45, 7) is 0. The topological polar surface area (TPSA) is 23.8 Å². The fourth-order valence-corrected chi connectivity index (χ4v) is 1.24. The first kappa shape index (κ1) is 11.6. The summed E-state index contributed by atoms with van der Waals surface area (Å²) in [6.07, 6.45) is -2.39. The van der Waals surface area contributed by atoms with E-state index in [0.29, 0.717) is 0 Å². The van der Waals surface area contributed by atoms with Gasteiger partial charge in [-0.3, -0.25) is 0 Å². The third-order valence-corrected chi connectivity index (χ3v) is 1.89. The van der Waals surface area contributed by atoms with Crippen LogP contribution in [0.2, 0.25) is 5.02 Å². The van der Waals surface area contributed by atoms with E-state index in [-0.39, 0.29) is 10.6 Å². The van der Waals surface area contributed by atoms with Crippen molar-refractivity contribution in [3.63, 3.8) is 0 Å². The molecule has 1 nitrogen and oxygen atoms in total. The molecule has 0 saturated heterocycles. The fraction of sp³-hybridized carbons (Fsp3) is 0.100. The van der Waals surface area contributed by atoms with Crippen molar-refractivity contribution in [1.29, 1.82) is 5.26 Å². The standard InChI is InChI=1S/C10H5ClF3N/c11-8-3-4-9(10(12,13)14)7(6-8)2-1-5-15/h1-4,6H. The Kier molecular flexibility index (Phi) is 3.38. The van der Waals surface area contributed by atoms with Crippen LogP contribution >= 0.6 is 11.6 Å². The zero-order chi connectivity index (χ0) is 11.5. The van der Waals surface area contributed by atoms with E-state index < -0.39 is 11.7 Å². The summed E-state index contributed by atoms with van der Waals surface area (Å²) in [5.74, 6) is 0. The van der Waals surface area contributed by atoms with Gasteiger partial charge >= 0.3 is 6.18 Å². The van der Waals surface area contributed by atoms with Crippen LogP contribution in [0.25, 0.3) is 6.08 Å². The van der Waals surface area contributed by atoms with E-state index in [0.717, 1.165) is 30.4 Å². The lowest BCUT2D eigenvalue weighted by Crippen LogP contribution is -2.06. The Balaban J connectivity index is 3.28. The van der Waals surface area contributed by atoms with E-state index in [1.54, 1.807) is 6.07 Å². The minimum absolute atomic E-state index is 0.114. The lowest BCUT2D eigenvalue weighted by Gasteiger charge is -2.09. The summed E-state index contributed by atoms with van der Waals surface area (Å²) < 4.78 is 37.3. The van der Waals surface area contributed by atoms with Crippen LogP contribution in [-0.2, 0) is 6.18 Å².